The van der Waals surface area contributed by atoms with Crippen molar-refractivity contribution in [1.29, 1.82) is 0 Å². The van der Waals surface area contributed by atoms with E-state index in [0.29, 0.717) is 28.9 Å². The van der Waals surface area contributed by atoms with Crippen molar-refractivity contribution in [3.8, 4) is 0 Å². The number of rotatable bonds is 8. The van der Waals surface area contributed by atoms with E-state index in [0.717, 1.165) is 5.56 Å². The Labute approximate surface area is 207 Å². The van der Waals surface area contributed by atoms with Crippen LogP contribution in [0.4, 0.5) is 19.3 Å². The van der Waals surface area contributed by atoms with Gasteiger partial charge in [-0.05, 0) is 55.0 Å². The predicted octanol–water partition coefficient (Wildman–Crippen LogP) is 5.37. The highest BCUT2D eigenvalue weighted by atomic mass is 19.1. The van der Waals surface area contributed by atoms with Crippen LogP contribution < -0.4 is 5.32 Å². The van der Waals surface area contributed by atoms with Crippen molar-refractivity contribution in [1.82, 2.24) is 4.90 Å². The summed E-state index contributed by atoms with van der Waals surface area (Å²) < 4.78 is 32.5. The van der Waals surface area contributed by atoms with Gasteiger partial charge in [-0.15, -0.1) is 0 Å². The molecule has 1 aliphatic rings. The summed E-state index contributed by atoms with van der Waals surface area (Å²) in [5.41, 5.74) is 2.39. The number of amides is 2. The maximum atomic E-state index is 14.2. The third-order valence-electron chi connectivity index (χ3n) is 5.56. The number of benzene rings is 3. The van der Waals surface area contributed by atoms with Gasteiger partial charge in [0.15, 0.2) is 6.10 Å². The number of carbonyl (C=O) groups excluding carboxylic acids is 2. The molecule has 0 radical (unpaired) electrons. The SMILES string of the molecule is CCOC(=O)c1ccc(NC(=O)N(Cc2ccc(F)cc2)CC2CC(c3ccccc3F)=NO2)cc1. The second kappa shape index (κ2) is 11.4. The second-order valence-corrected chi connectivity index (χ2v) is 8.18. The lowest BCUT2D eigenvalue weighted by Gasteiger charge is -2.25. The Hall–Kier alpha value is -4.27. The number of anilines is 1. The molecule has 0 bridgehead atoms. The molecule has 0 fully saturated rings. The molecule has 1 aliphatic heterocycles. The smallest absolute Gasteiger partial charge is 0.338 e. The van der Waals surface area contributed by atoms with E-state index in [-0.39, 0.29) is 25.5 Å². The van der Waals surface area contributed by atoms with Gasteiger partial charge in [-0.25, -0.2) is 18.4 Å². The van der Waals surface area contributed by atoms with Crippen LogP contribution in [0, 0.1) is 11.6 Å². The van der Waals surface area contributed by atoms with Gasteiger partial charge in [-0.1, -0.05) is 35.5 Å². The maximum absolute atomic E-state index is 14.2. The highest BCUT2D eigenvalue weighted by Crippen LogP contribution is 2.21. The molecule has 0 saturated heterocycles. The Balaban J connectivity index is 1.46. The normalized spacial score (nSPS) is 14.5. The molecule has 1 atom stereocenters. The number of nitrogens with one attached hydrogen (secondary N) is 1. The van der Waals surface area contributed by atoms with Crippen LogP contribution in [0.3, 0.4) is 0 Å². The monoisotopic (exact) mass is 493 g/mol. The maximum Gasteiger partial charge on any atom is 0.338 e. The van der Waals surface area contributed by atoms with Gasteiger partial charge in [0.05, 0.1) is 24.4 Å². The lowest BCUT2D eigenvalue weighted by Crippen LogP contribution is -2.40. The summed E-state index contributed by atoms with van der Waals surface area (Å²) in [7, 11) is 0. The first-order valence-electron chi connectivity index (χ1n) is 11.5. The minimum absolute atomic E-state index is 0.158. The van der Waals surface area contributed by atoms with Crippen LogP contribution in [-0.4, -0.2) is 41.9 Å². The van der Waals surface area contributed by atoms with E-state index in [1.54, 1.807) is 61.5 Å². The van der Waals surface area contributed by atoms with Gasteiger partial charge in [0.25, 0.3) is 0 Å². The van der Waals surface area contributed by atoms with Gasteiger partial charge < -0.3 is 19.8 Å². The molecule has 0 aromatic heterocycles. The lowest BCUT2D eigenvalue weighted by molar-refractivity contribution is 0.0526. The van der Waals surface area contributed by atoms with Gasteiger partial charge in [0.1, 0.15) is 11.6 Å². The number of hydrogen-bond acceptors (Lipinski definition) is 5. The summed E-state index contributed by atoms with van der Waals surface area (Å²) in [5.74, 6) is -1.22. The summed E-state index contributed by atoms with van der Waals surface area (Å²) in [4.78, 5) is 32.1. The van der Waals surface area contributed by atoms with Crippen LogP contribution in [-0.2, 0) is 16.1 Å². The zero-order valence-corrected chi connectivity index (χ0v) is 19.6. The number of hydrogen-bond donors (Lipinski definition) is 1. The minimum Gasteiger partial charge on any atom is -0.462 e. The standard InChI is InChI=1S/C27H25F2N3O4/c1-2-35-26(33)19-9-13-21(14-10-19)30-27(34)32(16-18-7-11-20(28)12-8-18)17-22-15-25(31-36-22)23-5-3-4-6-24(23)29/h3-14,22H,2,15-17H2,1H3,(H,30,34). The second-order valence-electron chi connectivity index (χ2n) is 8.18. The summed E-state index contributed by atoms with van der Waals surface area (Å²) >= 11 is 0. The van der Waals surface area contributed by atoms with E-state index in [9.17, 15) is 18.4 Å². The van der Waals surface area contributed by atoms with Crippen molar-refractivity contribution in [2.75, 3.05) is 18.5 Å². The summed E-state index contributed by atoms with van der Waals surface area (Å²) in [6, 6.07) is 18.0. The fourth-order valence-corrected chi connectivity index (χ4v) is 3.76. The molecule has 9 heteroatoms. The third kappa shape index (κ3) is 6.24. The summed E-state index contributed by atoms with van der Waals surface area (Å²) in [6.07, 6.45) is -0.167. The molecule has 4 rings (SSSR count). The molecule has 3 aromatic rings. The Kier molecular flexibility index (Phi) is 7.89. The molecular weight excluding hydrogens is 468 g/mol. The average Bonchev–Trinajstić information content (AvgIpc) is 3.34. The molecular formula is C27H25F2N3O4. The molecule has 7 nitrogen and oxygen atoms in total. The quantitative estimate of drug-likeness (QED) is 0.428. The molecule has 3 aromatic carbocycles. The van der Waals surface area contributed by atoms with Gasteiger partial charge in [0.2, 0.25) is 0 Å². The number of oxime groups is 1. The zero-order chi connectivity index (χ0) is 25.5. The number of ether oxygens (including phenoxy) is 1. The molecule has 0 aliphatic carbocycles. The van der Waals surface area contributed by atoms with Gasteiger partial charge in [-0.2, -0.15) is 0 Å². The highest BCUT2D eigenvalue weighted by molar-refractivity contribution is 6.01. The van der Waals surface area contributed by atoms with E-state index in [1.807, 2.05) is 0 Å². The van der Waals surface area contributed by atoms with Crippen LogP contribution in [0.25, 0.3) is 0 Å². The molecule has 1 heterocycles. The van der Waals surface area contributed by atoms with Gasteiger partial charge in [0, 0.05) is 24.2 Å². The minimum atomic E-state index is -0.489. The van der Waals surface area contributed by atoms with E-state index >= 15 is 0 Å². The Morgan fingerprint density at radius 2 is 1.78 bits per heavy atom. The van der Waals surface area contributed by atoms with E-state index in [1.165, 1.54) is 23.1 Å². The van der Waals surface area contributed by atoms with E-state index < -0.39 is 23.9 Å². The number of carbonyl (C=O) groups is 2. The van der Waals surface area contributed by atoms with Crippen molar-refractivity contribution in [3.05, 3.63) is 101 Å². The first kappa shape index (κ1) is 24.8. The summed E-state index contributed by atoms with van der Waals surface area (Å²) in [6.45, 7) is 2.33. The third-order valence-corrected chi connectivity index (χ3v) is 5.56. The Bertz CT molecular complexity index is 1250. The predicted molar refractivity (Wildman–Crippen MR) is 131 cm³/mol. The van der Waals surface area contributed by atoms with Crippen LogP contribution >= 0.6 is 0 Å². The van der Waals surface area contributed by atoms with Crippen LogP contribution in [0.1, 0.15) is 34.8 Å². The number of urea groups is 1. The van der Waals surface area contributed by atoms with Crippen LogP contribution in [0.2, 0.25) is 0 Å². The Morgan fingerprint density at radius 1 is 1.06 bits per heavy atom. The van der Waals surface area contributed by atoms with E-state index in [4.69, 9.17) is 9.57 Å². The van der Waals surface area contributed by atoms with Crippen LogP contribution in [0.5, 0.6) is 0 Å². The molecule has 0 saturated carbocycles. The lowest BCUT2D eigenvalue weighted by atomic mass is 10.0. The van der Waals surface area contributed by atoms with Crippen molar-refractivity contribution in [3.63, 3.8) is 0 Å². The first-order valence-corrected chi connectivity index (χ1v) is 11.5. The van der Waals surface area contributed by atoms with Crippen molar-refractivity contribution in [2.24, 2.45) is 5.16 Å². The number of halogens is 2. The summed E-state index contributed by atoms with van der Waals surface area (Å²) in [5, 5.41) is 6.83. The van der Waals surface area contributed by atoms with Crippen molar-refractivity contribution >= 4 is 23.4 Å². The van der Waals surface area contributed by atoms with Gasteiger partial charge in [-0.3, -0.25) is 0 Å². The largest absolute Gasteiger partial charge is 0.462 e. The number of esters is 1. The van der Waals surface area contributed by atoms with Crippen LogP contribution in [0.15, 0.2) is 78.0 Å². The number of nitrogens with zero attached hydrogens (tertiary/aromatic N) is 2. The molecule has 1 N–H and O–H groups in total. The molecule has 36 heavy (non-hydrogen) atoms. The van der Waals surface area contributed by atoms with Crippen molar-refractivity contribution in [2.45, 2.75) is 26.0 Å². The van der Waals surface area contributed by atoms with Gasteiger partial charge >= 0.3 is 12.0 Å². The van der Waals surface area contributed by atoms with Crippen molar-refractivity contribution < 1.29 is 27.9 Å². The fraction of sp³-hybridized carbons (Fsp3) is 0.222. The first-order chi connectivity index (χ1) is 17.4. The molecule has 2 amide bonds. The molecule has 0 spiro atoms. The molecule has 186 valence electrons. The van der Waals surface area contributed by atoms with E-state index in [2.05, 4.69) is 10.5 Å². The average molecular weight is 494 g/mol. The Morgan fingerprint density at radius 3 is 2.47 bits per heavy atom. The molecule has 1 unspecified atom stereocenters. The topological polar surface area (TPSA) is 80.2 Å². The zero-order valence-electron chi connectivity index (χ0n) is 19.6. The fourth-order valence-electron chi connectivity index (χ4n) is 3.76. The highest BCUT2D eigenvalue weighted by Gasteiger charge is 2.28.